The molecule has 3 nitrogen and oxygen atoms in total. The van der Waals surface area contributed by atoms with Crippen molar-refractivity contribution in [2.45, 2.75) is 4.21 Å². The summed E-state index contributed by atoms with van der Waals surface area (Å²) in [6.07, 6.45) is 0. The van der Waals surface area contributed by atoms with Gasteiger partial charge in [0.15, 0.2) is 10.0 Å². The number of thiophene rings is 1. The minimum atomic E-state index is -3.93. The molecule has 1 N–H and O–H groups in total. The number of anilines is 1. The third-order valence-electron chi connectivity index (χ3n) is 2.07. The minimum Gasteiger partial charge on any atom is -0.275 e. The fourth-order valence-electron chi connectivity index (χ4n) is 1.29. The average molecular weight is 433 g/mol. The molecule has 0 atom stereocenters. The molecular weight excluding hydrogens is 428 g/mol. The monoisotopic (exact) mass is 431 g/mol. The van der Waals surface area contributed by atoms with Gasteiger partial charge in [-0.15, -0.1) is 11.3 Å². The Bertz CT molecular complexity index is 708. The Balaban J connectivity index is 2.45. The van der Waals surface area contributed by atoms with Crippen LogP contribution in [-0.4, -0.2) is 8.42 Å². The van der Waals surface area contributed by atoms with Crippen LogP contribution in [0, 0.1) is 11.6 Å². The zero-order valence-electron chi connectivity index (χ0n) is 8.95. The SMILES string of the molecule is O=S(=O)(Nc1c(F)cc(F)cc1Br)c1sccc1Br. The number of hydrogen-bond donors (Lipinski definition) is 1. The van der Waals surface area contributed by atoms with E-state index in [-0.39, 0.29) is 14.4 Å². The molecular formula is C10H5Br2F2NO2S2. The lowest BCUT2D eigenvalue weighted by Gasteiger charge is -2.10. The van der Waals surface area contributed by atoms with Gasteiger partial charge in [0.1, 0.15) is 5.82 Å². The van der Waals surface area contributed by atoms with Crippen LogP contribution < -0.4 is 4.72 Å². The van der Waals surface area contributed by atoms with E-state index in [1.54, 1.807) is 11.4 Å². The molecule has 0 fully saturated rings. The fourth-order valence-corrected chi connectivity index (χ4v) is 5.36. The van der Waals surface area contributed by atoms with Gasteiger partial charge < -0.3 is 0 Å². The van der Waals surface area contributed by atoms with Crippen molar-refractivity contribution < 1.29 is 17.2 Å². The van der Waals surface area contributed by atoms with Crippen molar-refractivity contribution in [3.63, 3.8) is 0 Å². The Hall–Kier alpha value is -0.510. The van der Waals surface area contributed by atoms with E-state index in [1.165, 1.54) is 0 Å². The molecule has 2 aromatic rings. The van der Waals surface area contributed by atoms with Crippen molar-refractivity contribution in [1.29, 1.82) is 0 Å². The molecule has 0 spiro atoms. The van der Waals surface area contributed by atoms with Gasteiger partial charge in [-0.25, -0.2) is 17.2 Å². The summed E-state index contributed by atoms with van der Waals surface area (Å²) in [4.78, 5) is 0. The number of sulfonamides is 1. The third kappa shape index (κ3) is 3.15. The standard InChI is InChI=1S/C10H5Br2F2NO2S2/c11-6-1-2-18-10(6)19(16,17)15-9-7(12)3-5(13)4-8(9)14/h1-4,15H. The minimum absolute atomic E-state index is 0.0127. The molecule has 2 rings (SSSR count). The van der Waals surface area contributed by atoms with E-state index < -0.39 is 21.7 Å². The van der Waals surface area contributed by atoms with Crippen molar-refractivity contribution in [3.05, 3.63) is 44.2 Å². The molecule has 0 aliphatic heterocycles. The van der Waals surface area contributed by atoms with Crippen molar-refractivity contribution in [3.8, 4) is 0 Å². The first-order valence-corrected chi connectivity index (χ1v) is 8.66. The fraction of sp³-hybridized carbons (Fsp3) is 0. The van der Waals surface area contributed by atoms with Crippen molar-refractivity contribution in [2.24, 2.45) is 0 Å². The quantitative estimate of drug-likeness (QED) is 0.783. The van der Waals surface area contributed by atoms with Gasteiger partial charge >= 0.3 is 0 Å². The first kappa shape index (κ1) is 14.9. The van der Waals surface area contributed by atoms with Crippen molar-refractivity contribution >= 4 is 58.9 Å². The van der Waals surface area contributed by atoms with Crippen LogP contribution in [0.4, 0.5) is 14.5 Å². The van der Waals surface area contributed by atoms with E-state index in [1.807, 2.05) is 0 Å². The molecule has 1 aromatic carbocycles. The number of hydrogen-bond acceptors (Lipinski definition) is 3. The summed E-state index contributed by atoms with van der Waals surface area (Å²) in [6.45, 7) is 0. The molecule has 0 radical (unpaired) electrons. The predicted molar refractivity (Wildman–Crippen MR) is 76.9 cm³/mol. The molecule has 0 aliphatic carbocycles. The van der Waals surface area contributed by atoms with Gasteiger partial charge in [-0.05, 0) is 49.4 Å². The molecule has 9 heteroatoms. The Kier molecular flexibility index (Phi) is 4.29. The van der Waals surface area contributed by atoms with E-state index >= 15 is 0 Å². The Morgan fingerprint density at radius 3 is 2.37 bits per heavy atom. The van der Waals surface area contributed by atoms with Gasteiger partial charge in [0.05, 0.1) is 5.69 Å². The zero-order chi connectivity index (χ0) is 14.2. The first-order valence-electron chi connectivity index (χ1n) is 4.71. The summed E-state index contributed by atoms with van der Waals surface area (Å²) in [5, 5.41) is 1.58. The Morgan fingerprint density at radius 1 is 1.16 bits per heavy atom. The number of nitrogens with one attached hydrogen (secondary N) is 1. The van der Waals surface area contributed by atoms with Crippen LogP contribution in [0.2, 0.25) is 0 Å². The highest BCUT2D eigenvalue weighted by Crippen LogP contribution is 2.33. The average Bonchev–Trinajstić information content (AvgIpc) is 2.70. The summed E-state index contributed by atoms with van der Waals surface area (Å²) >= 11 is 6.99. The molecule has 0 saturated heterocycles. The van der Waals surface area contributed by atoms with Gasteiger partial charge in [-0.1, -0.05) is 0 Å². The third-order valence-corrected chi connectivity index (χ3v) is 6.72. The van der Waals surface area contributed by atoms with Crippen molar-refractivity contribution in [2.75, 3.05) is 4.72 Å². The molecule has 1 aromatic heterocycles. The lowest BCUT2D eigenvalue weighted by Crippen LogP contribution is -2.13. The maximum absolute atomic E-state index is 13.6. The van der Waals surface area contributed by atoms with Crippen LogP contribution in [0.5, 0.6) is 0 Å². The highest BCUT2D eigenvalue weighted by Gasteiger charge is 2.22. The summed E-state index contributed by atoms with van der Waals surface area (Å²) in [6, 6.07) is 3.14. The summed E-state index contributed by atoms with van der Waals surface area (Å²) < 4.78 is 53.1. The van der Waals surface area contributed by atoms with Crippen LogP contribution in [0.3, 0.4) is 0 Å². The number of rotatable bonds is 3. The highest BCUT2D eigenvalue weighted by molar-refractivity contribution is 9.11. The second kappa shape index (κ2) is 5.47. The molecule has 102 valence electrons. The molecule has 0 unspecified atom stereocenters. The maximum atomic E-state index is 13.6. The van der Waals surface area contributed by atoms with E-state index in [9.17, 15) is 17.2 Å². The maximum Gasteiger partial charge on any atom is 0.272 e. The Labute approximate surface area is 129 Å². The second-order valence-electron chi connectivity index (χ2n) is 3.41. The predicted octanol–water partition coefficient (Wildman–Crippen LogP) is 4.35. The zero-order valence-corrected chi connectivity index (χ0v) is 13.8. The lowest BCUT2D eigenvalue weighted by atomic mass is 10.3. The van der Waals surface area contributed by atoms with Crippen LogP contribution in [-0.2, 0) is 10.0 Å². The molecule has 0 aliphatic rings. The van der Waals surface area contributed by atoms with E-state index in [0.29, 0.717) is 10.5 Å². The van der Waals surface area contributed by atoms with Crippen LogP contribution in [0.1, 0.15) is 0 Å². The van der Waals surface area contributed by atoms with Gasteiger partial charge in [0.25, 0.3) is 10.0 Å². The summed E-state index contributed by atoms with van der Waals surface area (Å²) in [5.74, 6) is -1.80. The van der Waals surface area contributed by atoms with Gasteiger partial charge in [0, 0.05) is 15.0 Å². The first-order chi connectivity index (χ1) is 8.81. The topological polar surface area (TPSA) is 46.2 Å². The molecule has 0 amide bonds. The lowest BCUT2D eigenvalue weighted by molar-refractivity contribution is 0.582. The van der Waals surface area contributed by atoms with E-state index in [2.05, 4.69) is 36.6 Å². The van der Waals surface area contributed by atoms with E-state index in [0.717, 1.165) is 17.4 Å². The molecule has 0 saturated carbocycles. The van der Waals surface area contributed by atoms with Gasteiger partial charge in [0.2, 0.25) is 0 Å². The summed E-state index contributed by atoms with van der Waals surface area (Å²) in [5.41, 5.74) is -0.332. The smallest absolute Gasteiger partial charge is 0.272 e. The van der Waals surface area contributed by atoms with Crippen LogP contribution >= 0.6 is 43.2 Å². The van der Waals surface area contributed by atoms with E-state index in [4.69, 9.17) is 0 Å². The van der Waals surface area contributed by atoms with Crippen molar-refractivity contribution in [1.82, 2.24) is 0 Å². The molecule has 1 heterocycles. The second-order valence-corrected chi connectivity index (χ2v) is 7.91. The Morgan fingerprint density at radius 2 is 1.84 bits per heavy atom. The molecule has 19 heavy (non-hydrogen) atoms. The summed E-state index contributed by atoms with van der Waals surface area (Å²) in [7, 11) is -3.93. The molecule has 0 bridgehead atoms. The largest absolute Gasteiger partial charge is 0.275 e. The van der Waals surface area contributed by atoms with Crippen LogP contribution in [0.15, 0.2) is 36.7 Å². The number of halogens is 4. The van der Waals surface area contributed by atoms with Gasteiger partial charge in [-0.2, -0.15) is 0 Å². The van der Waals surface area contributed by atoms with Crippen LogP contribution in [0.25, 0.3) is 0 Å². The number of benzene rings is 1. The highest BCUT2D eigenvalue weighted by atomic mass is 79.9. The normalized spacial score (nSPS) is 11.6. The van der Waals surface area contributed by atoms with Gasteiger partial charge in [-0.3, -0.25) is 4.72 Å².